The molecule has 1 fully saturated rings. The molecule has 0 unspecified atom stereocenters. The summed E-state index contributed by atoms with van der Waals surface area (Å²) < 4.78 is 45.7. The SMILES string of the molecule is Cc1ccc(C(F)(F)F)c(CN(C)C(=O)C2=NCc3ncnc(N[C@@H]4COC[C@@H](O)[C@H]4O)c32)c1. The average Bonchev–Trinajstić information content (AvgIpc) is 3.20. The van der Waals surface area contributed by atoms with E-state index in [2.05, 4.69) is 20.3 Å². The van der Waals surface area contributed by atoms with E-state index in [4.69, 9.17) is 4.74 Å². The Hall–Kier alpha value is -3.09. The number of likely N-dealkylation sites (N-methyl/N-ethyl adjacent to an activating group) is 1. The Bertz CT molecular complexity index is 1120. The van der Waals surface area contributed by atoms with Crippen LogP contribution in [0.1, 0.15) is 27.9 Å². The van der Waals surface area contributed by atoms with Crippen molar-refractivity contribution in [1.29, 1.82) is 0 Å². The van der Waals surface area contributed by atoms with Crippen molar-refractivity contribution < 1.29 is 32.9 Å². The lowest BCUT2D eigenvalue weighted by atomic mass is 10.0. The third kappa shape index (κ3) is 4.74. The van der Waals surface area contributed by atoms with E-state index in [1.165, 1.54) is 25.5 Å². The van der Waals surface area contributed by atoms with Crippen molar-refractivity contribution in [3.05, 3.63) is 52.5 Å². The van der Waals surface area contributed by atoms with Crippen LogP contribution in [0.4, 0.5) is 19.0 Å². The summed E-state index contributed by atoms with van der Waals surface area (Å²) in [4.78, 5) is 27.0. The van der Waals surface area contributed by atoms with Crippen molar-refractivity contribution in [2.45, 2.75) is 44.4 Å². The quantitative estimate of drug-likeness (QED) is 0.591. The highest BCUT2D eigenvalue weighted by Crippen LogP contribution is 2.33. The fourth-order valence-corrected chi connectivity index (χ4v) is 4.03. The van der Waals surface area contributed by atoms with Gasteiger partial charge in [-0.05, 0) is 18.6 Å². The highest BCUT2D eigenvalue weighted by Gasteiger charge is 2.36. The third-order valence-electron chi connectivity index (χ3n) is 5.79. The number of benzene rings is 1. The van der Waals surface area contributed by atoms with E-state index >= 15 is 0 Å². The number of aliphatic hydroxyl groups excluding tert-OH is 2. The minimum Gasteiger partial charge on any atom is -0.388 e. The Morgan fingerprint density at radius 2 is 2.03 bits per heavy atom. The lowest BCUT2D eigenvalue weighted by Crippen LogP contribution is -2.51. The number of anilines is 1. The molecule has 1 amide bonds. The molecule has 0 aliphatic carbocycles. The van der Waals surface area contributed by atoms with E-state index < -0.39 is 35.9 Å². The van der Waals surface area contributed by atoms with Gasteiger partial charge in [0.05, 0.1) is 42.6 Å². The van der Waals surface area contributed by atoms with Gasteiger partial charge in [0.2, 0.25) is 0 Å². The first-order chi connectivity index (χ1) is 16.1. The minimum atomic E-state index is -4.55. The molecule has 3 atom stereocenters. The predicted molar refractivity (Wildman–Crippen MR) is 115 cm³/mol. The van der Waals surface area contributed by atoms with Gasteiger partial charge in [0.25, 0.3) is 5.91 Å². The molecular weight excluding hydrogens is 455 g/mol. The second kappa shape index (κ2) is 9.28. The number of carbonyl (C=O) groups is 1. The monoisotopic (exact) mass is 479 g/mol. The Balaban J connectivity index is 1.58. The van der Waals surface area contributed by atoms with Gasteiger partial charge in [0.15, 0.2) is 0 Å². The molecule has 12 heteroatoms. The van der Waals surface area contributed by atoms with Gasteiger partial charge in [-0.25, -0.2) is 9.97 Å². The van der Waals surface area contributed by atoms with E-state index in [1.54, 1.807) is 6.92 Å². The summed E-state index contributed by atoms with van der Waals surface area (Å²) >= 11 is 0. The number of alkyl halides is 3. The summed E-state index contributed by atoms with van der Waals surface area (Å²) in [5, 5.41) is 23.1. The molecule has 0 saturated carbocycles. The van der Waals surface area contributed by atoms with Crippen LogP contribution in [0.3, 0.4) is 0 Å². The molecule has 2 aromatic rings. The van der Waals surface area contributed by atoms with Crippen molar-refractivity contribution in [3.8, 4) is 0 Å². The number of amides is 1. The topological polar surface area (TPSA) is 120 Å². The van der Waals surface area contributed by atoms with Crippen LogP contribution in [0.15, 0.2) is 29.5 Å². The van der Waals surface area contributed by atoms with Gasteiger partial charge >= 0.3 is 6.18 Å². The number of aliphatic hydroxyl groups is 2. The molecular formula is C22H24F3N5O4. The Morgan fingerprint density at radius 3 is 2.76 bits per heavy atom. The number of halogens is 3. The number of hydrogen-bond acceptors (Lipinski definition) is 8. The highest BCUT2D eigenvalue weighted by molar-refractivity contribution is 6.47. The van der Waals surface area contributed by atoms with E-state index in [0.29, 0.717) is 16.8 Å². The minimum absolute atomic E-state index is 0.00388. The zero-order valence-corrected chi connectivity index (χ0v) is 18.5. The average molecular weight is 479 g/mol. The molecule has 0 spiro atoms. The van der Waals surface area contributed by atoms with Crippen molar-refractivity contribution in [2.75, 3.05) is 25.6 Å². The maximum atomic E-state index is 13.5. The maximum absolute atomic E-state index is 13.5. The van der Waals surface area contributed by atoms with Crippen molar-refractivity contribution in [3.63, 3.8) is 0 Å². The standard InChI is InChI=1S/C22H24F3N5O4/c1-11-3-4-13(22(23,24)25)12(5-11)7-30(2)21(33)18-17-14(6-26-18)27-10-28-20(17)29-15-8-34-9-16(31)19(15)32/h3-5,10,15-16,19,31-32H,6-9H2,1-2H3,(H,27,28,29)/t15-,16-,19+/m1/s1. The molecule has 3 heterocycles. The molecule has 182 valence electrons. The number of aliphatic imine (C=N–C) groups is 1. The van der Waals surface area contributed by atoms with Gasteiger partial charge in [0, 0.05) is 13.6 Å². The van der Waals surface area contributed by atoms with E-state index in [-0.39, 0.29) is 43.4 Å². The van der Waals surface area contributed by atoms with Crippen LogP contribution in [-0.4, -0.2) is 75.2 Å². The Labute approximate surface area is 193 Å². The fraction of sp³-hybridized carbons (Fsp3) is 0.455. The molecule has 9 nitrogen and oxygen atoms in total. The summed E-state index contributed by atoms with van der Waals surface area (Å²) in [5.41, 5.74) is 0.596. The van der Waals surface area contributed by atoms with Gasteiger partial charge in [-0.3, -0.25) is 9.79 Å². The normalized spacial score (nSPS) is 22.2. The number of ether oxygens (including phenoxy) is 1. The molecule has 4 rings (SSSR count). The van der Waals surface area contributed by atoms with Gasteiger partial charge in [-0.15, -0.1) is 0 Å². The second-order valence-electron chi connectivity index (χ2n) is 8.37. The van der Waals surface area contributed by atoms with Gasteiger partial charge < -0.3 is 25.2 Å². The third-order valence-corrected chi connectivity index (χ3v) is 5.79. The molecule has 34 heavy (non-hydrogen) atoms. The van der Waals surface area contributed by atoms with Crippen LogP contribution < -0.4 is 5.32 Å². The lowest BCUT2D eigenvalue weighted by Gasteiger charge is -2.33. The van der Waals surface area contributed by atoms with Crippen LogP contribution in [-0.2, 0) is 28.8 Å². The highest BCUT2D eigenvalue weighted by atomic mass is 19.4. The van der Waals surface area contributed by atoms with E-state index in [9.17, 15) is 28.2 Å². The smallest absolute Gasteiger partial charge is 0.388 e. The summed E-state index contributed by atoms with van der Waals surface area (Å²) in [5.74, 6) is -0.372. The van der Waals surface area contributed by atoms with Gasteiger partial charge in [-0.1, -0.05) is 17.7 Å². The number of fused-ring (bicyclic) bond motifs is 1. The molecule has 1 aromatic heterocycles. The number of nitrogens with zero attached hydrogens (tertiary/aromatic N) is 4. The van der Waals surface area contributed by atoms with E-state index in [1.807, 2.05) is 0 Å². The summed E-state index contributed by atoms with van der Waals surface area (Å²) in [6, 6.07) is 3.09. The zero-order valence-electron chi connectivity index (χ0n) is 18.5. The Kier molecular flexibility index (Phi) is 6.56. The number of hydrogen-bond donors (Lipinski definition) is 3. The second-order valence-corrected chi connectivity index (χ2v) is 8.37. The predicted octanol–water partition coefficient (Wildman–Crippen LogP) is 1.30. The molecule has 0 bridgehead atoms. The first-order valence-corrected chi connectivity index (χ1v) is 10.6. The summed E-state index contributed by atoms with van der Waals surface area (Å²) in [7, 11) is 1.40. The summed E-state index contributed by atoms with van der Waals surface area (Å²) in [6.07, 6.45) is -5.48. The van der Waals surface area contributed by atoms with Gasteiger partial charge in [-0.2, -0.15) is 13.2 Å². The first-order valence-electron chi connectivity index (χ1n) is 10.6. The number of carbonyl (C=O) groups excluding carboxylic acids is 1. The van der Waals surface area contributed by atoms with Crippen LogP contribution >= 0.6 is 0 Å². The zero-order chi connectivity index (χ0) is 24.6. The molecule has 3 N–H and O–H groups in total. The number of nitrogens with one attached hydrogen (secondary N) is 1. The fourth-order valence-electron chi connectivity index (χ4n) is 4.03. The van der Waals surface area contributed by atoms with Gasteiger partial charge in [0.1, 0.15) is 30.1 Å². The lowest BCUT2D eigenvalue weighted by molar-refractivity contribution is -0.139. The van der Waals surface area contributed by atoms with Crippen LogP contribution in [0.5, 0.6) is 0 Å². The molecule has 1 saturated heterocycles. The van der Waals surface area contributed by atoms with Crippen molar-refractivity contribution >= 4 is 17.4 Å². The number of rotatable bonds is 5. The number of aromatic nitrogens is 2. The molecule has 1 aromatic carbocycles. The number of aryl methyl sites for hydroxylation is 1. The summed E-state index contributed by atoms with van der Waals surface area (Å²) in [6.45, 7) is 1.60. The van der Waals surface area contributed by atoms with Crippen molar-refractivity contribution in [1.82, 2.24) is 14.9 Å². The van der Waals surface area contributed by atoms with E-state index in [0.717, 1.165) is 11.0 Å². The maximum Gasteiger partial charge on any atom is 0.416 e. The first kappa shape index (κ1) is 24.0. The molecule has 2 aliphatic heterocycles. The Morgan fingerprint density at radius 1 is 1.26 bits per heavy atom. The van der Waals surface area contributed by atoms with Crippen molar-refractivity contribution in [2.24, 2.45) is 4.99 Å². The van der Waals surface area contributed by atoms with Crippen LogP contribution in [0.2, 0.25) is 0 Å². The molecule has 2 aliphatic rings. The molecule has 0 radical (unpaired) electrons. The largest absolute Gasteiger partial charge is 0.416 e. The van der Waals surface area contributed by atoms with Crippen LogP contribution in [0.25, 0.3) is 0 Å². The van der Waals surface area contributed by atoms with Crippen LogP contribution in [0, 0.1) is 6.92 Å².